The van der Waals surface area contributed by atoms with E-state index in [1.54, 1.807) is 6.07 Å². The minimum atomic E-state index is -0.617. The molecule has 0 aliphatic heterocycles. The number of hydrogen-bond acceptors (Lipinski definition) is 2. The van der Waals surface area contributed by atoms with Gasteiger partial charge in [-0.25, -0.2) is 8.78 Å². The highest BCUT2D eigenvalue weighted by Crippen LogP contribution is 2.20. The van der Waals surface area contributed by atoms with Gasteiger partial charge in [-0.2, -0.15) is 0 Å². The molecule has 0 aromatic heterocycles. The number of nitrogens with one attached hydrogen (secondary N) is 1. The van der Waals surface area contributed by atoms with Crippen LogP contribution in [0, 0.1) is 11.6 Å². The predicted octanol–water partition coefficient (Wildman–Crippen LogP) is 3.64. The van der Waals surface area contributed by atoms with E-state index in [1.165, 1.54) is 30.3 Å². The summed E-state index contributed by atoms with van der Waals surface area (Å²) in [5.41, 5.74) is -0.0559. The van der Waals surface area contributed by atoms with Crippen LogP contribution < -0.4 is 10.1 Å². The summed E-state index contributed by atoms with van der Waals surface area (Å²) >= 11 is 5.70. The van der Waals surface area contributed by atoms with Gasteiger partial charge in [0, 0.05) is 5.02 Å². The Morgan fingerprint density at radius 1 is 1.15 bits per heavy atom. The number of benzene rings is 2. The molecule has 2 aromatic rings. The van der Waals surface area contributed by atoms with E-state index in [1.807, 2.05) is 0 Å². The molecule has 0 aliphatic rings. The SMILES string of the molecule is O=C(COc1ccccc1F)Nc1cc(Cl)ccc1F. The van der Waals surface area contributed by atoms with E-state index in [9.17, 15) is 13.6 Å². The highest BCUT2D eigenvalue weighted by Gasteiger charge is 2.09. The van der Waals surface area contributed by atoms with Crippen LogP contribution in [0.3, 0.4) is 0 Å². The molecule has 0 saturated carbocycles. The van der Waals surface area contributed by atoms with Gasteiger partial charge in [-0.05, 0) is 30.3 Å². The Morgan fingerprint density at radius 3 is 2.65 bits per heavy atom. The van der Waals surface area contributed by atoms with Gasteiger partial charge in [0.2, 0.25) is 0 Å². The number of anilines is 1. The molecule has 20 heavy (non-hydrogen) atoms. The lowest BCUT2D eigenvalue weighted by Gasteiger charge is -2.09. The molecule has 104 valence electrons. The summed E-state index contributed by atoms with van der Waals surface area (Å²) in [6, 6.07) is 9.46. The molecule has 0 saturated heterocycles. The van der Waals surface area contributed by atoms with E-state index < -0.39 is 24.1 Å². The molecule has 0 atom stereocenters. The Labute approximate surface area is 119 Å². The van der Waals surface area contributed by atoms with Crippen molar-refractivity contribution in [3.05, 3.63) is 59.1 Å². The van der Waals surface area contributed by atoms with E-state index in [-0.39, 0.29) is 16.5 Å². The normalized spacial score (nSPS) is 10.2. The number of rotatable bonds is 4. The number of ether oxygens (including phenoxy) is 1. The number of hydrogen-bond donors (Lipinski definition) is 1. The fourth-order valence-electron chi connectivity index (χ4n) is 1.48. The maximum Gasteiger partial charge on any atom is 0.262 e. The molecule has 0 heterocycles. The van der Waals surface area contributed by atoms with Crippen LogP contribution in [0.5, 0.6) is 5.75 Å². The lowest BCUT2D eigenvalue weighted by molar-refractivity contribution is -0.118. The molecular formula is C14H10ClF2NO2. The summed E-state index contributed by atoms with van der Waals surface area (Å²) in [5.74, 6) is -1.86. The van der Waals surface area contributed by atoms with E-state index in [4.69, 9.17) is 16.3 Å². The maximum absolute atomic E-state index is 13.4. The molecule has 2 aromatic carbocycles. The summed E-state index contributed by atoms with van der Waals surface area (Å²) in [6.45, 7) is -0.438. The Hall–Kier alpha value is -2.14. The Morgan fingerprint density at radius 2 is 1.90 bits per heavy atom. The third-order valence-corrected chi connectivity index (χ3v) is 2.63. The third kappa shape index (κ3) is 3.68. The Bertz CT molecular complexity index is 634. The molecule has 6 heteroatoms. The highest BCUT2D eigenvalue weighted by molar-refractivity contribution is 6.30. The van der Waals surface area contributed by atoms with Gasteiger partial charge in [-0.3, -0.25) is 4.79 Å². The van der Waals surface area contributed by atoms with Gasteiger partial charge in [0.15, 0.2) is 18.2 Å². The standard InChI is InChI=1S/C14H10ClF2NO2/c15-9-5-6-10(16)12(7-9)18-14(19)8-20-13-4-2-1-3-11(13)17/h1-7H,8H2,(H,18,19). The minimum absolute atomic E-state index is 0.0470. The lowest BCUT2D eigenvalue weighted by atomic mass is 10.3. The van der Waals surface area contributed by atoms with Crippen LogP contribution in [-0.2, 0) is 4.79 Å². The van der Waals surface area contributed by atoms with Gasteiger partial charge in [0.05, 0.1) is 5.69 Å². The van der Waals surface area contributed by atoms with Crippen molar-refractivity contribution in [3.8, 4) is 5.75 Å². The van der Waals surface area contributed by atoms with Gasteiger partial charge in [-0.15, -0.1) is 0 Å². The second-order valence-corrected chi connectivity index (χ2v) is 4.33. The van der Waals surface area contributed by atoms with Crippen molar-refractivity contribution in [2.75, 3.05) is 11.9 Å². The second-order valence-electron chi connectivity index (χ2n) is 3.89. The van der Waals surface area contributed by atoms with Crippen molar-refractivity contribution in [1.29, 1.82) is 0 Å². The highest BCUT2D eigenvalue weighted by atomic mass is 35.5. The largest absolute Gasteiger partial charge is 0.481 e. The Balaban J connectivity index is 1.96. The van der Waals surface area contributed by atoms with E-state index >= 15 is 0 Å². The average Bonchev–Trinajstić information content (AvgIpc) is 2.42. The summed E-state index contributed by atoms with van der Waals surface area (Å²) in [5, 5.41) is 2.58. The summed E-state index contributed by atoms with van der Waals surface area (Å²) in [7, 11) is 0. The van der Waals surface area contributed by atoms with Crippen molar-refractivity contribution in [1.82, 2.24) is 0 Å². The van der Waals surface area contributed by atoms with Crippen LogP contribution >= 0.6 is 11.6 Å². The number of carbonyl (C=O) groups is 1. The maximum atomic E-state index is 13.4. The molecule has 3 nitrogen and oxygen atoms in total. The number of amides is 1. The average molecular weight is 298 g/mol. The zero-order valence-electron chi connectivity index (χ0n) is 10.2. The van der Waals surface area contributed by atoms with Gasteiger partial charge in [-0.1, -0.05) is 23.7 Å². The van der Waals surface area contributed by atoms with E-state index in [2.05, 4.69) is 5.32 Å². The van der Waals surface area contributed by atoms with Crippen molar-refractivity contribution < 1.29 is 18.3 Å². The number of para-hydroxylation sites is 1. The quantitative estimate of drug-likeness (QED) is 0.936. The van der Waals surface area contributed by atoms with E-state index in [0.717, 1.165) is 6.07 Å². The monoisotopic (exact) mass is 297 g/mol. The summed E-state index contributed by atoms with van der Waals surface area (Å²) in [4.78, 5) is 11.6. The first-order valence-corrected chi connectivity index (χ1v) is 6.06. The van der Waals surface area contributed by atoms with Crippen molar-refractivity contribution in [2.24, 2.45) is 0 Å². The van der Waals surface area contributed by atoms with Crippen molar-refractivity contribution in [2.45, 2.75) is 0 Å². The first kappa shape index (κ1) is 14.3. The van der Waals surface area contributed by atoms with Crippen LogP contribution in [0.4, 0.5) is 14.5 Å². The fraction of sp³-hybridized carbons (Fsp3) is 0.0714. The molecular weight excluding hydrogens is 288 g/mol. The fourth-order valence-corrected chi connectivity index (χ4v) is 1.66. The topological polar surface area (TPSA) is 38.3 Å². The first-order valence-electron chi connectivity index (χ1n) is 5.68. The van der Waals surface area contributed by atoms with Crippen LogP contribution in [0.15, 0.2) is 42.5 Å². The number of halogens is 3. The van der Waals surface area contributed by atoms with Crippen LogP contribution in [0.25, 0.3) is 0 Å². The van der Waals surface area contributed by atoms with Gasteiger partial charge < -0.3 is 10.1 Å². The van der Waals surface area contributed by atoms with Crippen molar-refractivity contribution >= 4 is 23.2 Å². The molecule has 0 fully saturated rings. The molecule has 0 bridgehead atoms. The van der Waals surface area contributed by atoms with Crippen LogP contribution in [-0.4, -0.2) is 12.5 Å². The molecule has 2 rings (SSSR count). The molecule has 1 N–H and O–H groups in total. The van der Waals surface area contributed by atoms with Gasteiger partial charge in [0.1, 0.15) is 5.82 Å². The van der Waals surface area contributed by atoms with Crippen LogP contribution in [0.2, 0.25) is 5.02 Å². The van der Waals surface area contributed by atoms with Crippen molar-refractivity contribution in [3.63, 3.8) is 0 Å². The molecule has 1 amide bonds. The van der Waals surface area contributed by atoms with E-state index in [0.29, 0.717) is 0 Å². The smallest absolute Gasteiger partial charge is 0.262 e. The van der Waals surface area contributed by atoms with Gasteiger partial charge in [0.25, 0.3) is 5.91 Å². The predicted molar refractivity (Wildman–Crippen MR) is 71.9 cm³/mol. The first-order chi connectivity index (χ1) is 9.56. The lowest BCUT2D eigenvalue weighted by Crippen LogP contribution is -2.21. The minimum Gasteiger partial charge on any atom is -0.481 e. The Kier molecular flexibility index (Phi) is 4.53. The van der Waals surface area contributed by atoms with Gasteiger partial charge >= 0.3 is 0 Å². The number of carbonyl (C=O) groups excluding carboxylic acids is 1. The summed E-state index contributed by atoms with van der Waals surface area (Å²) in [6.07, 6.45) is 0. The zero-order chi connectivity index (χ0) is 14.5. The summed E-state index contributed by atoms with van der Waals surface area (Å²) < 4.78 is 31.6. The molecule has 0 spiro atoms. The second kappa shape index (κ2) is 6.34. The molecule has 0 aliphatic carbocycles. The van der Waals surface area contributed by atoms with Crippen LogP contribution in [0.1, 0.15) is 0 Å². The molecule has 0 radical (unpaired) electrons. The molecule has 0 unspecified atom stereocenters. The zero-order valence-corrected chi connectivity index (χ0v) is 11.0. The third-order valence-electron chi connectivity index (χ3n) is 2.40.